The lowest BCUT2D eigenvalue weighted by atomic mass is 10.2. The maximum atomic E-state index is 11.0. The summed E-state index contributed by atoms with van der Waals surface area (Å²) in [5.41, 5.74) is 3.83. The molecule has 7 nitrogen and oxygen atoms in total. The quantitative estimate of drug-likeness (QED) is 0.604. The molecule has 0 saturated carbocycles. The number of hydrogen-bond acceptors (Lipinski definition) is 6. The van der Waals surface area contributed by atoms with Crippen molar-refractivity contribution in [2.75, 3.05) is 31.2 Å². The molecule has 0 unspecified atom stereocenters. The number of rotatable bonds is 8. The number of imidazole rings is 1. The Morgan fingerprint density at radius 1 is 0.929 bits per heavy atom. The van der Waals surface area contributed by atoms with E-state index in [0.717, 1.165) is 28.1 Å². The molecular weight excluding hydrogens is 358 g/mol. The van der Waals surface area contributed by atoms with Gasteiger partial charge in [0.1, 0.15) is 19.0 Å². The lowest BCUT2D eigenvalue weighted by Gasteiger charge is -2.24. The SMILES string of the molecule is CC(=O)OCCN(CCOC(C)=O)c1ccc(-c2nc3ccccc3[nH]2)cc1. The number of hydrogen-bond donors (Lipinski definition) is 1. The highest BCUT2D eigenvalue weighted by atomic mass is 16.5. The Morgan fingerprint density at radius 3 is 2.11 bits per heavy atom. The van der Waals surface area contributed by atoms with Gasteiger partial charge in [0, 0.05) is 25.1 Å². The Morgan fingerprint density at radius 2 is 1.54 bits per heavy atom. The number of benzene rings is 2. The average Bonchev–Trinajstić information content (AvgIpc) is 3.11. The van der Waals surface area contributed by atoms with Gasteiger partial charge in [-0.1, -0.05) is 12.1 Å². The summed E-state index contributed by atoms with van der Waals surface area (Å²) in [6.45, 7) is 4.30. The minimum atomic E-state index is -0.319. The van der Waals surface area contributed by atoms with E-state index in [9.17, 15) is 9.59 Å². The van der Waals surface area contributed by atoms with Crippen LogP contribution >= 0.6 is 0 Å². The third-order valence-corrected chi connectivity index (χ3v) is 4.23. The molecule has 3 rings (SSSR count). The van der Waals surface area contributed by atoms with Crippen molar-refractivity contribution in [3.63, 3.8) is 0 Å². The lowest BCUT2D eigenvalue weighted by molar-refractivity contribution is -0.141. The first-order chi connectivity index (χ1) is 13.5. The van der Waals surface area contributed by atoms with Crippen LogP contribution in [0.15, 0.2) is 48.5 Å². The predicted molar refractivity (Wildman–Crippen MR) is 107 cm³/mol. The van der Waals surface area contributed by atoms with Crippen molar-refractivity contribution in [3.05, 3.63) is 48.5 Å². The first-order valence-electron chi connectivity index (χ1n) is 9.10. The van der Waals surface area contributed by atoms with E-state index in [-0.39, 0.29) is 25.2 Å². The molecule has 0 radical (unpaired) electrons. The summed E-state index contributed by atoms with van der Waals surface area (Å²) in [5, 5.41) is 0. The number of anilines is 1. The largest absolute Gasteiger partial charge is 0.464 e. The Kier molecular flexibility index (Phi) is 6.26. The number of nitrogens with zero attached hydrogens (tertiary/aromatic N) is 2. The number of ether oxygens (including phenoxy) is 2. The van der Waals surface area contributed by atoms with E-state index in [1.807, 2.05) is 53.4 Å². The molecule has 0 aliphatic carbocycles. The summed E-state index contributed by atoms with van der Waals surface area (Å²) in [4.78, 5) is 32.0. The van der Waals surface area contributed by atoms with Gasteiger partial charge in [0.2, 0.25) is 0 Å². The number of fused-ring (bicyclic) bond motifs is 1. The van der Waals surface area contributed by atoms with E-state index < -0.39 is 0 Å². The molecule has 0 bridgehead atoms. The Balaban J connectivity index is 1.73. The molecule has 7 heteroatoms. The molecule has 0 aliphatic rings. The summed E-state index contributed by atoms with van der Waals surface area (Å²) in [6, 6.07) is 15.8. The Hall–Kier alpha value is -3.35. The number of aromatic amines is 1. The van der Waals surface area contributed by atoms with Gasteiger partial charge in [-0.15, -0.1) is 0 Å². The molecule has 146 valence electrons. The Bertz CT molecular complexity index is 897. The summed E-state index contributed by atoms with van der Waals surface area (Å²) in [6.07, 6.45) is 0. The van der Waals surface area contributed by atoms with Crippen LogP contribution in [0.4, 0.5) is 5.69 Å². The van der Waals surface area contributed by atoms with Crippen molar-refractivity contribution in [1.29, 1.82) is 0 Å². The monoisotopic (exact) mass is 381 g/mol. The van der Waals surface area contributed by atoms with Crippen LogP contribution in [-0.2, 0) is 19.1 Å². The van der Waals surface area contributed by atoms with Crippen molar-refractivity contribution in [1.82, 2.24) is 9.97 Å². The Labute approximate surface area is 163 Å². The topological polar surface area (TPSA) is 84.5 Å². The summed E-state index contributed by atoms with van der Waals surface area (Å²) >= 11 is 0. The second-order valence-corrected chi connectivity index (χ2v) is 6.32. The van der Waals surface area contributed by atoms with E-state index >= 15 is 0 Å². The molecule has 1 N–H and O–H groups in total. The normalized spacial score (nSPS) is 10.6. The second-order valence-electron chi connectivity index (χ2n) is 6.32. The molecule has 0 aliphatic heterocycles. The molecule has 1 heterocycles. The lowest BCUT2D eigenvalue weighted by Crippen LogP contribution is -2.31. The molecule has 3 aromatic rings. The van der Waals surface area contributed by atoms with Crippen LogP contribution in [0.3, 0.4) is 0 Å². The van der Waals surface area contributed by atoms with E-state index in [2.05, 4.69) is 9.97 Å². The van der Waals surface area contributed by atoms with E-state index in [1.165, 1.54) is 13.8 Å². The second kappa shape index (κ2) is 9.03. The molecule has 1 aromatic heterocycles. The molecule has 0 atom stereocenters. The third-order valence-electron chi connectivity index (χ3n) is 4.23. The number of aromatic nitrogens is 2. The number of nitrogens with one attached hydrogen (secondary N) is 1. The first kappa shape index (κ1) is 19.4. The standard InChI is InChI=1S/C21H23N3O4/c1-15(25)27-13-11-24(12-14-28-16(2)26)18-9-7-17(8-10-18)21-22-19-5-3-4-6-20(19)23-21/h3-10H,11-14H2,1-2H3,(H,22,23). The van der Waals surface area contributed by atoms with E-state index in [4.69, 9.17) is 9.47 Å². The smallest absolute Gasteiger partial charge is 0.302 e. The van der Waals surface area contributed by atoms with Crippen LogP contribution in [0.5, 0.6) is 0 Å². The molecule has 0 amide bonds. The first-order valence-corrected chi connectivity index (χ1v) is 9.10. The molecular formula is C21H23N3O4. The summed E-state index contributed by atoms with van der Waals surface area (Å²) < 4.78 is 10.1. The van der Waals surface area contributed by atoms with Gasteiger partial charge in [0.05, 0.1) is 24.1 Å². The molecule has 2 aromatic carbocycles. The van der Waals surface area contributed by atoms with Crippen LogP contribution in [0.1, 0.15) is 13.8 Å². The summed E-state index contributed by atoms with van der Waals surface area (Å²) in [5.74, 6) is 0.166. The van der Waals surface area contributed by atoms with Gasteiger partial charge in [-0.3, -0.25) is 9.59 Å². The van der Waals surface area contributed by atoms with Crippen LogP contribution in [0, 0.1) is 0 Å². The summed E-state index contributed by atoms with van der Waals surface area (Å²) in [7, 11) is 0. The fourth-order valence-corrected chi connectivity index (χ4v) is 2.89. The number of carbonyl (C=O) groups excluding carboxylic acids is 2. The highest BCUT2D eigenvalue weighted by molar-refractivity contribution is 5.79. The van der Waals surface area contributed by atoms with Gasteiger partial charge in [-0.25, -0.2) is 4.98 Å². The third kappa shape index (κ3) is 5.09. The van der Waals surface area contributed by atoms with Gasteiger partial charge in [0.25, 0.3) is 0 Å². The van der Waals surface area contributed by atoms with Crippen molar-refractivity contribution in [2.24, 2.45) is 0 Å². The molecule has 0 fully saturated rings. The average molecular weight is 381 g/mol. The minimum absolute atomic E-state index is 0.265. The number of esters is 2. The van der Waals surface area contributed by atoms with Crippen molar-refractivity contribution in [2.45, 2.75) is 13.8 Å². The maximum absolute atomic E-state index is 11.0. The van der Waals surface area contributed by atoms with E-state index in [1.54, 1.807) is 0 Å². The number of carbonyl (C=O) groups is 2. The zero-order valence-corrected chi connectivity index (χ0v) is 16.0. The number of para-hydroxylation sites is 2. The molecule has 0 spiro atoms. The van der Waals surface area contributed by atoms with Gasteiger partial charge in [-0.05, 0) is 36.4 Å². The maximum Gasteiger partial charge on any atom is 0.302 e. The van der Waals surface area contributed by atoms with Crippen molar-refractivity contribution >= 4 is 28.7 Å². The van der Waals surface area contributed by atoms with Gasteiger partial charge < -0.3 is 19.4 Å². The minimum Gasteiger partial charge on any atom is -0.464 e. The zero-order valence-electron chi connectivity index (χ0n) is 16.0. The zero-order chi connectivity index (χ0) is 19.9. The molecule has 28 heavy (non-hydrogen) atoms. The van der Waals surface area contributed by atoms with Crippen LogP contribution in [0.25, 0.3) is 22.4 Å². The van der Waals surface area contributed by atoms with Crippen LogP contribution in [0.2, 0.25) is 0 Å². The van der Waals surface area contributed by atoms with Gasteiger partial charge >= 0.3 is 11.9 Å². The van der Waals surface area contributed by atoms with Crippen molar-refractivity contribution in [3.8, 4) is 11.4 Å². The van der Waals surface area contributed by atoms with E-state index in [0.29, 0.717) is 13.1 Å². The fourth-order valence-electron chi connectivity index (χ4n) is 2.89. The van der Waals surface area contributed by atoms with Crippen molar-refractivity contribution < 1.29 is 19.1 Å². The highest BCUT2D eigenvalue weighted by Gasteiger charge is 2.10. The highest BCUT2D eigenvalue weighted by Crippen LogP contribution is 2.23. The van der Waals surface area contributed by atoms with Gasteiger partial charge in [-0.2, -0.15) is 0 Å². The predicted octanol–water partition coefficient (Wildman–Crippen LogP) is 3.16. The fraction of sp³-hybridized carbons (Fsp3) is 0.286. The van der Waals surface area contributed by atoms with Crippen LogP contribution < -0.4 is 4.90 Å². The van der Waals surface area contributed by atoms with Gasteiger partial charge in [0.15, 0.2) is 0 Å². The molecule has 0 saturated heterocycles. The number of H-pyrrole nitrogens is 1. The van der Waals surface area contributed by atoms with Crippen LogP contribution in [-0.4, -0.2) is 48.2 Å².